The lowest BCUT2D eigenvalue weighted by molar-refractivity contribution is -0.114. The molecule has 2 rings (SSSR count). The summed E-state index contributed by atoms with van der Waals surface area (Å²) in [5.74, 6) is -0.0630. The number of amides is 1. The minimum atomic E-state index is -0.0630. The first-order valence-corrected chi connectivity index (χ1v) is 7.67. The topological polar surface area (TPSA) is 57.3 Å². The van der Waals surface area contributed by atoms with Crippen molar-refractivity contribution in [1.82, 2.24) is 15.2 Å². The summed E-state index contributed by atoms with van der Waals surface area (Å²) in [7, 11) is 2.00. The Bertz CT molecular complexity index is 419. The summed E-state index contributed by atoms with van der Waals surface area (Å²) in [5, 5.41) is 8.74. The molecule has 1 unspecified atom stereocenters. The molecule has 106 valence electrons. The molecular formula is C13H22N4OS. The summed E-state index contributed by atoms with van der Waals surface area (Å²) >= 11 is 1.50. The van der Waals surface area contributed by atoms with Crippen molar-refractivity contribution >= 4 is 22.4 Å². The standard InChI is InChI=1S/C13H22N4OS/c1-10(18)15-13-16-11(9-19-13)8-17-6-4-3-5-12(17)7-14-2/h9,12,14H,3-8H2,1-2H3,(H,15,16,18). The number of likely N-dealkylation sites (N-methyl/N-ethyl adjacent to an activating group) is 1. The maximum atomic E-state index is 11.0. The predicted molar refractivity (Wildman–Crippen MR) is 78.4 cm³/mol. The highest BCUT2D eigenvalue weighted by Crippen LogP contribution is 2.21. The predicted octanol–water partition coefficient (Wildman–Crippen LogP) is 1.68. The Morgan fingerprint density at radius 3 is 3.16 bits per heavy atom. The molecule has 1 aliphatic heterocycles. The van der Waals surface area contributed by atoms with Gasteiger partial charge in [-0.05, 0) is 26.4 Å². The number of piperidine rings is 1. The fourth-order valence-electron chi connectivity index (χ4n) is 2.53. The molecule has 1 amide bonds. The van der Waals surface area contributed by atoms with Crippen LogP contribution >= 0.6 is 11.3 Å². The van der Waals surface area contributed by atoms with E-state index in [0.29, 0.717) is 11.2 Å². The first-order valence-electron chi connectivity index (χ1n) is 6.79. The van der Waals surface area contributed by atoms with E-state index in [1.807, 2.05) is 12.4 Å². The van der Waals surface area contributed by atoms with Crippen LogP contribution in [0.4, 0.5) is 5.13 Å². The average Bonchev–Trinajstić information content (AvgIpc) is 2.78. The summed E-state index contributed by atoms with van der Waals surface area (Å²) in [5.41, 5.74) is 1.05. The Kier molecular flexibility index (Phi) is 5.30. The molecule has 1 aromatic heterocycles. The van der Waals surface area contributed by atoms with E-state index in [4.69, 9.17) is 0 Å². The highest BCUT2D eigenvalue weighted by molar-refractivity contribution is 7.13. The van der Waals surface area contributed by atoms with Crippen molar-refractivity contribution in [3.8, 4) is 0 Å². The van der Waals surface area contributed by atoms with Gasteiger partial charge in [0.1, 0.15) is 0 Å². The largest absolute Gasteiger partial charge is 0.318 e. The molecule has 1 atom stereocenters. The first kappa shape index (κ1) is 14.4. The zero-order chi connectivity index (χ0) is 13.7. The molecule has 0 bridgehead atoms. The minimum absolute atomic E-state index is 0.0630. The van der Waals surface area contributed by atoms with Crippen LogP contribution in [0.25, 0.3) is 0 Å². The van der Waals surface area contributed by atoms with Gasteiger partial charge in [0.15, 0.2) is 5.13 Å². The molecule has 1 aliphatic rings. The zero-order valence-corrected chi connectivity index (χ0v) is 12.4. The van der Waals surface area contributed by atoms with Crippen molar-refractivity contribution in [1.29, 1.82) is 0 Å². The van der Waals surface area contributed by atoms with Gasteiger partial charge in [0, 0.05) is 31.4 Å². The summed E-state index contributed by atoms with van der Waals surface area (Å²) in [4.78, 5) is 17.9. The third kappa shape index (κ3) is 4.26. The zero-order valence-electron chi connectivity index (χ0n) is 11.6. The molecule has 0 aliphatic carbocycles. The third-order valence-electron chi connectivity index (χ3n) is 3.39. The van der Waals surface area contributed by atoms with Gasteiger partial charge in [-0.15, -0.1) is 11.3 Å². The van der Waals surface area contributed by atoms with Gasteiger partial charge >= 0.3 is 0 Å². The molecule has 0 radical (unpaired) electrons. The van der Waals surface area contributed by atoms with Crippen LogP contribution in [0.3, 0.4) is 0 Å². The lowest BCUT2D eigenvalue weighted by Crippen LogP contribution is -2.44. The fraction of sp³-hybridized carbons (Fsp3) is 0.692. The number of hydrogen-bond donors (Lipinski definition) is 2. The second-order valence-electron chi connectivity index (χ2n) is 5.00. The SMILES string of the molecule is CNCC1CCCCN1Cc1csc(NC(C)=O)n1. The number of hydrogen-bond acceptors (Lipinski definition) is 5. The van der Waals surface area contributed by atoms with Gasteiger partial charge in [-0.3, -0.25) is 9.69 Å². The Morgan fingerprint density at radius 1 is 1.58 bits per heavy atom. The van der Waals surface area contributed by atoms with E-state index in [0.717, 1.165) is 25.3 Å². The molecule has 0 spiro atoms. The van der Waals surface area contributed by atoms with Gasteiger partial charge < -0.3 is 10.6 Å². The van der Waals surface area contributed by atoms with E-state index in [1.165, 1.54) is 37.5 Å². The third-order valence-corrected chi connectivity index (χ3v) is 4.20. The average molecular weight is 282 g/mol. The first-order chi connectivity index (χ1) is 9.19. The number of nitrogens with zero attached hydrogens (tertiary/aromatic N) is 2. The maximum Gasteiger partial charge on any atom is 0.223 e. The minimum Gasteiger partial charge on any atom is -0.318 e. The van der Waals surface area contributed by atoms with Gasteiger partial charge in [0.2, 0.25) is 5.91 Å². The molecule has 0 saturated carbocycles. The quantitative estimate of drug-likeness (QED) is 0.862. The fourth-order valence-corrected chi connectivity index (χ4v) is 3.28. The van der Waals surface area contributed by atoms with Crippen molar-refractivity contribution < 1.29 is 4.79 Å². The number of carbonyl (C=O) groups is 1. The number of aromatic nitrogens is 1. The lowest BCUT2D eigenvalue weighted by atomic mass is 10.0. The van der Waals surface area contributed by atoms with Gasteiger partial charge in [-0.1, -0.05) is 6.42 Å². The van der Waals surface area contributed by atoms with Crippen molar-refractivity contribution in [3.63, 3.8) is 0 Å². The van der Waals surface area contributed by atoms with E-state index in [9.17, 15) is 4.79 Å². The molecule has 1 fully saturated rings. The molecule has 2 N–H and O–H groups in total. The molecule has 1 saturated heterocycles. The smallest absolute Gasteiger partial charge is 0.223 e. The van der Waals surface area contributed by atoms with Crippen molar-refractivity contribution in [2.24, 2.45) is 0 Å². The van der Waals surface area contributed by atoms with E-state index >= 15 is 0 Å². The van der Waals surface area contributed by atoms with E-state index in [2.05, 4.69) is 20.5 Å². The summed E-state index contributed by atoms with van der Waals surface area (Å²) in [6, 6.07) is 0.602. The second kappa shape index (κ2) is 6.98. The number of nitrogens with one attached hydrogen (secondary N) is 2. The molecule has 6 heteroatoms. The molecular weight excluding hydrogens is 260 g/mol. The number of thiazole rings is 1. The van der Waals surface area contributed by atoms with Gasteiger partial charge in [-0.25, -0.2) is 4.98 Å². The van der Waals surface area contributed by atoms with E-state index < -0.39 is 0 Å². The van der Waals surface area contributed by atoms with Crippen LogP contribution in [-0.4, -0.2) is 42.0 Å². The van der Waals surface area contributed by atoms with Gasteiger partial charge in [0.05, 0.1) is 5.69 Å². The number of carbonyl (C=O) groups excluding carboxylic acids is 1. The lowest BCUT2D eigenvalue weighted by Gasteiger charge is -2.35. The number of likely N-dealkylation sites (tertiary alicyclic amines) is 1. The van der Waals surface area contributed by atoms with E-state index in [-0.39, 0.29) is 5.91 Å². The molecule has 19 heavy (non-hydrogen) atoms. The molecule has 1 aromatic rings. The maximum absolute atomic E-state index is 11.0. The number of rotatable bonds is 5. The monoisotopic (exact) mass is 282 g/mol. The van der Waals surface area contributed by atoms with Crippen LogP contribution in [0.15, 0.2) is 5.38 Å². The van der Waals surface area contributed by atoms with Crippen molar-refractivity contribution in [2.45, 2.75) is 38.8 Å². The Labute approximate surface area is 118 Å². The second-order valence-corrected chi connectivity index (χ2v) is 5.86. The number of anilines is 1. The van der Waals surface area contributed by atoms with Crippen molar-refractivity contribution in [3.05, 3.63) is 11.1 Å². The summed E-state index contributed by atoms with van der Waals surface area (Å²) in [6.07, 6.45) is 3.84. The molecule has 2 heterocycles. The van der Waals surface area contributed by atoms with E-state index in [1.54, 1.807) is 0 Å². The normalized spacial score (nSPS) is 20.4. The highest BCUT2D eigenvalue weighted by Gasteiger charge is 2.22. The molecule has 5 nitrogen and oxygen atoms in total. The van der Waals surface area contributed by atoms with Crippen LogP contribution in [0, 0.1) is 0 Å². The van der Waals surface area contributed by atoms with Crippen LogP contribution < -0.4 is 10.6 Å². The van der Waals surface area contributed by atoms with Gasteiger partial charge in [-0.2, -0.15) is 0 Å². The van der Waals surface area contributed by atoms with Crippen LogP contribution in [-0.2, 0) is 11.3 Å². The summed E-state index contributed by atoms with van der Waals surface area (Å²) in [6.45, 7) is 4.55. The Morgan fingerprint density at radius 2 is 2.42 bits per heavy atom. The summed E-state index contributed by atoms with van der Waals surface area (Å²) < 4.78 is 0. The van der Waals surface area contributed by atoms with Crippen LogP contribution in [0.1, 0.15) is 31.9 Å². The molecule has 0 aromatic carbocycles. The Hall–Kier alpha value is -0.980. The van der Waals surface area contributed by atoms with Crippen molar-refractivity contribution in [2.75, 3.05) is 25.5 Å². The van der Waals surface area contributed by atoms with Crippen LogP contribution in [0.5, 0.6) is 0 Å². The highest BCUT2D eigenvalue weighted by atomic mass is 32.1. The van der Waals surface area contributed by atoms with Gasteiger partial charge in [0.25, 0.3) is 0 Å². The van der Waals surface area contributed by atoms with Crippen LogP contribution in [0.2, 0.25) is 0 Å². The Balaban J connectivity index is 1.94.